The number of hydrogen-bond donors (Lipinski definition) is 1. The van der Waals surface area contributed by atoms with Gasteiger partial charge in [-0.25, -0.2) is 0 Å². The van der Waals surface area contributed by atoms with Crippen LogP contribution in [0.5, 0.6) is 5.75 Å². The van der Waals surface area contributed by atoms with Crippen molar-refractivity contribution in [1.29, 1.82) is 0 Å². The van der Waals surface area contributed by atoms with Gasteiger partial charge in [0.1, 0.15) is 11.9 Å². The molecular weight excluding hydrogens is 508 g/mol. The third-order valence-electron chi connectivity index (χ3n) is 7.03. The first-order valence-electron chi connectivity index (χ1n) is 11.5. The van der Waals surface area contributed by atoms with Gasteiger partial charge in [0.25, 0.3) is 11.0 Å². The van der Waals surface area contributed by atoms with Crippen LogP contribution in [-0.4, -0.2) is 65.3 Å². The predicted octanol–water partition coefficient (Wildman–Crippen LogP) is 3.46. The summed E-state index contributed by atoms with van der Waals surface area (Å²) in [5.74, 6) is -2.82. The van der Waals surface area contributed by atoms with Crippen LogP contribution in [-0.2, 0) is 19.1 Å². The molecule has 11 nitrogen and oxygen atoms in total. The van der Waals surface area contributed by atoms with Crippen LogP contribution in [0.25, 0.3) is 10.9 Å². The summed E-state index contributed by atoms with van der Waals surface area (Å²) in [7, 11) is 1.50. The molecule has 1 N–H and O–H groups in total. The van der Waals surface area contributed by atoms with Crippen molar-refractivity contribution in [3.05, 3.63) is 74.4 Å². The van der Waals surface area contributed by atoms with E-state index in [0.717, 1.165) is 0 Å². The van der Waals surface area contributed by atoms with Gasteiger partial charge in [0.05, 0.1) is 37.9 Å². The van der Waals surface area contributed by atoms with Gasteiger partial charge in [-0.15, -0.1) is 10.1 Å². The Bertz CT molecular complexity index is 1390. The highest BCUT2D eigenvalue weighted by Gasteiger charge is 2.54. The summed E-state index contributed by atoms with van der Waals surface area (Å²) in [5, 5.41) is 21.4. The van der Waals surface area contributed by atoms with Crippen molar-refractivity contribution in [3.8, 4) is 5.75 Å². The lowest BCUT2D eigenvalue weighted by molar-refractivity contribution is -0.769. The van der Waals surface area contributed by atoms with Gasteiger partial charge in [0, 0.05) is 27.6 Å². The topological polar surface area (TPSA) is 139 Å². The molecule has 0 saturated carbocycles. The number of carbonyl (C=O) groups is 2. The van der Waals surface area contributed by atoms with Gasteiger partial charge in [0.15, 0.2) is 6.10 Å². The fourth-order valence-corrected chi connectivity index (χ4v) is 5.55. The van der Waals surface area contributed by atoms with E-state index in [1.54, 1.807) is 49.4 Å². The standard InChI is InChI=1S/C25H23ClN2O9/c1-12-20(21(25(30)31)17-10-35-23-19(37-28(32)33)11-36-22(17)23)16-9-15(34-2)7-8-18(16)27(12)24(29)13-3-5-14(26)6-4-13/h3-9,17,19,21-23H,10-11H2,1-2H3,(H,30,31)/t17?,19-,21+,22+,23-/m1/s1. The highest BCUT2D eigenvalue weighted by atomic mass is 35.5. The number of fused-ring (bicyclic) bond motifs is 2. The first-order chi connectivity index (χ1) is 17.7. The summed E-state index contributed by atoms with van der Waals surface area (Å²) in [6.45, 7) is 1.58. The second kappa shape index (κ2) is 9.66. The quantitative estimate of drug-likeness (QED) is 0.359. The molecule has 2 aliphatic heterocycles. The van der Waals surface area contributed by atoms with E-state index in [2.05, 4.69) is 4.84 Å². The Morgan fingerprint density at radius 2 is 1.86 bits per heavy atom. The molecule has 194 valence electrons. The second-order valence-electron chi connectivity index (χ2n) is 8.97. The van der Waals surface area contributed by atoms with Crippen LogP contribution in [0.4, 0.5) is 0 Å². The number of rotatable bonds is 7. The smallest absolute Gasteiger partial charge is 0.311 e. The lowest BCUT2D eigenvalue weighted by Gasteiger charge is -2.24. The Balaban J connectivity index is 1.63. The Labute approximate surface area is 215 Å². The molecule has 0 amide bonds. The molecule has 1 unspecified atom stereocenters. The molecule has 2 aliphatic rings. The van der Waals surface area contributed by atoms with Gasteiger partial charge < -0.3 is 24.2 Å². The monoisotopic (exact) mass is 530 g/mol. The molecule has 3 heterocycles. The molecule has 2 saturated heterocycles. The molecule has 37 heavy (non-hydrogen) atoms. The van der Waals surface area contributed by atoms with Crippen molar-refractivity contribution >= 4 is 34.4 Å². The van der Waals surface area contributed by atoms with E-state index in [0.29, 0.717) is 38.5 Å². The van der Waals surface area contributed by atoms with Crippen LogP contribution >= 0.6 is 11.6 Å². The highest BCUT2D eigenvalue weighted by Crippen LogP contribution is 2.44. The predicted molar refractivity (Wildman–Crippen MR) is 130 cm³/mol. The van der Waals surface area contributed by atoms with E-state index >= 15 is 0 Å². The van der Waals surface area contributed by atoms with E-state index in [4.69, 9.17) is 25.8 Å². The van der Waals surface area contributed by atoms with Crippen LogP contribution < -0.4 is 4.74 Å². The van der Waals surface area contributed by atoms with Crippen molar-refractivity contribution in [2.75, 3.05) is 20.3 Å². The number of benzene rings is 2. The van der Waals surface area contributed by atoms with Gasteiger partial charge in [-0.2, -0.15) is 0 Å². The summed E-state index contributed by atoms with van der Waals surface area (Å²) in [6.07, 6.45) is -2.47. The van der Waals surface area contributed by atoms with E-state index in [1.165, 1.54) is 11.7 Å². The van der Waals surface area contributed by atoms with Crippen molar-refractivity contribution in [1.82, 2.24) is 4.57 Å². The minimum Gasteiger partial charge on any atom is -0.497 e. The van der Waals surface area contributed by atoms with Gasteiger partial charge in [-0.3, -0.25) is 14.2 Å². The van der Waals surface area contributed by atoms with Gasteiger partial charge in [-0.05, 0) is 55.0 Å². The lowest BCUT2D eigenvalue weighted by atomic mass is 9.81. The van der Waals surface area contributed by atoms with Gasteiger partial charge in [-0.1, -0.05) is 11.6 Å². The Morgan fingerprint density at radius 3 is 2.51 bits per heavy atom. The Morgan fingerprint density at radius 1 is 1.16 bits per heavy atom. The third kappa shape index (κ3) is 4.28. The number of aromatic nitrogens is 1. The lowest BCUT2D eigenvalue weighted by Crippen LogP contribution is -2.35. The Kier molecular flexibility index (Phi) is 6.52. The zero-order chi connectivity index (χ0) is 26.4. The minimum absolute atomic E-state index is 0.00884. The van der Waals surface area contributed by atoms with E-state index in [9.17, 15) is 24.8 Å². The Hall–Kier alpha value is -3.67. The highest BCUT2D eigenvalue weighted by molar-refractivity contribution is 6.30. The van der Waals surface area contributed by atoms with Gasteiger partial charge >= 0.3 is 5.97 Å². The largest absolute Gasteiger partial charge is 0.497 e. The average Bonchev–Trinajstić information content (AvgIpc) is 3.53. The average molecular weight is 531 g/mol. The number of methoxy groups -OCH3 is 1. The number of carboxylic acids is 1. The summed E-state index contributed by atoms with van der Waals surface area (Å²) >= 11 is 5.99. The number of aliphatic carboxylic acids is 1. The summed E-state index contributed by atoms with van der Waals surface area (Å²) in [5.41, 5.74) is 1.74. The first kappa shape index (κ1) is 25.0. The maximum absolute atomic E-state index is 13.6. The molecule has 2 aromatic carbocycles. The zero-order valence-electron chi connectivity index (χ0n) is 19.8. The van der Waals surface area contributed by atoms with Crippen LogP contribution in [0, 0.1) is 23.0 Å². The molecule has 0 radical (unpaired) electrons. The number of hydrogen-bond acceptors (Lipinski definition) is 8. The minimum atomic E-state index is -1.14. The summed E-state index contributed by atoms with van der Waals surface area (Å²) < 4.78 is 18.4. The molecule has 0 aliphatic carbocycles. The molecule has 3 aromatic rings. The maximum Gasteiger partial charge on any atom is 0.311 e. The number of carboxylic acid groups (broad SMARTS) is 1. The second-order valence-corrected chi connectivity index (χ2v) is 9.41. The van der Waals surface area contributed by atoms with Crippen molar-refractivity contribution in [3.63, 3.8) is 0 Å². The molecule has 5 atom stereocenters. The van der Waals surface area contributed by atoms with Gasteiger partial charge in [0.2, 0.25) is 0 Å². The molecule has 1 aromatic heterocycles. The number of ether oxygens (including phenoxy) is 3. The molecule has 2 fully saturated rings. The maximum atomic E-state index is 13.6. The summed E-state index contributed by atoms with van der Waals surface area (Å²) in [4.78, 5) is 41.9. The molecule has 0 spiro atoms. The van der Waals surface area contributed by atoms with Crippen LogP contribution in [0.1, 0.15) is 27.5 Å². The molecule has 12 heteroatoms. The first-order valence-corrected chi connectivity index (χ1v) is 11.9. The van der Waals surface area contributed by atoms with Crippen molar-refractivity contribution in [2.24, 2.45) is 5.92 Å². The number of nitrogens with zero attached hydrogens (tertiary/aromatic N) is 2. The number of halogens is 1. The van der Waals surface area contributed by atoms with Crippen LogP contribution in [0.15, 0.2) is 42.5 Å². The van der Waals surface area contributed by atoms with E-state index < -0.39 is 41.2 Å². The van der Waals surface area contributed by atoms with Crippen LogP contribution in [0.2, 0.25) is 5.02 Å². The molecular formula is C25H23ClN2O9. The number of carbonyl (C=O) groups excluding carboxylic acids is 1. The molecule has 0 bridgehead atoms. The van der Waals surface area contributed by atoms with E-state index in [1.807, 2.05) is 0 Å². The van der Waals surface area contributed by atoms with E-state index in [-0.39, 0.29) is 19.1 Å². The van der Waals surface area contributed by atoms with Crippen LogP contribution in [0.3, 0.4) is 0 Å². The fourth-order valence-electron chi connectivity index (χ4n) is 5.43. The third-order valence-corrected chi connectivity index (χ3v) is 7.28. The summed E-state index contributed by atoms with van der Waals surface area (Å²) in [6, 6.07) is 11.5. The van der Waals surface area contributed by atoms with Crippen molar-refractivity contribution in [2.45, 2.75) is 31.2 Å². The zero-order valence-corrected chi connectivity index (χ0v) is 20.6. The van der Waals surface area contributed by atoms with Crippen molar-refractivity contribution < 1.29 is 38.8 Å². The normalized spacial score (nSPS) is 23.5. The molecule has 5 rings (SSSR count). The SMILES string of the molecule is COc1ccc2c(c1)c([C@@H](C(=O)O)C1CO[C@@H]3[C@H](O[N+](=O)[O-])CO[C@@H]13)c(C)n2C(=O)c1ccc(Cl)cc1. The fraction of sp³-hybridized carbons (Fsp3) is 0.360.